The molecule has 0 saturated heterocycles. The number of carbonyl (C=O) groups is 2. The molecular weight excluding hydrogens is 507 g/mol. The molecule has 3 aromatic carbocycles. The van der Waals surface area contributed by atoms with Crippen LogP contribution in [0.25, 0.3) is 0 Å². The number of rotatable bonds is 11. The lowest BCUT2D eigenvalue weighted by Crippen LogP contribution is -2.39. The van der Waals surface area contributed by atoms with E-state index < -0.39 is 6.10 Å². The molecule has 3 N–H and O–H groups in total. The highest BCUT2D eigenvalue weighted by molar-refractivity contribution is 6.03. The monoisotopic (exact) mass is 546 g/mol. The lowest BCUT2D eigenvalue weighted by Gasteiger charge is -2.25. The molecule has 40 heavy (non-hydrogen) atoms. The summed E-state index contributed by atoms with van der Waals surface area (Å²) >= 11 is 0. The molecule has 7 nitrogen and oxygen atoms in total. The highest BCUT2D eigenvalue weighted by Gasteiger charge is 2.28. The molecule has 0 saturated carbocycles. The molecule has 0 spiro atoms. The van der Waals surface area contributed by atoms with Gasteiger partial charge in [-0.05, 0) is 73.2 Å². The van der Waals surface area contributed by atoms with E-state index in [1.54, 1.807) is 47.2 Å². The Bertz CT molecular complexity index is 1310. The van der Waals surface area contributed by atoms with Crippen molar-refractivity contribution in [2.45, 2.75) is 38.8 Å². The molecule has 212 valence electrons. The number of nitrogens with two attached hydrogens (primary N) is 1. The smallest absolute Gasteiger partial charge is 0.256 e. The lowest BCUT2D eigenvalue weighted by atomic mass is 10.0. The molecule has 0 fully saturated rings. The Kier molecular flexibility index (Phi) is 9.90. The van der Waals surface area contributed by atoms with E-state index in [4.69, 9.17) is 5.73 Å². The summed E-state index contributed by atoms with van der Waals surface area (Å²) in [5.41, 5.74) is 10.8. The van der Waals surface area contributed by atoms with E-state index in [-0.39, 0.29) is 24.2 Å². The second-order valence-corrected chi connectivity index (χ2v) is 10.3. The van der Waals surface area contributed by atoms with Crippen molar-refractivity contribution in [1.82, 2.24) is 9.80 Å². The molecular formula is C32H39FN4O3. The van der Waals surface area contributed by atoms with Gasteiger partial charge in [-0.1, -0.05) is 36.4 Å². The van der Waals surface area contributed by atoms with Gasteiger partial charge in [-0.3, -0.25) is 9.59 Å². The molecule has 0 aromatic heterocycles. The molecule has 0 bridgehead atoms. The number of likely N-dealkylation sites (N-methyl/N-ethyl adjacent to an activating group) is 2. The van der Waals surface area contributed by atoms with Gasteiger partial charge in [0.05, 0.1) is 17.4 Å². The summed E-state index contributed by atoms with van der Waals surface area (Å²) in [6.07, 6.45) is 1.17. The van der Waals surface area contributed by atoms with Crippen LogP contribution in [0.5, 0.6) is 0 Å². The minimum Gasteiger partial charge on any atom is -0.391 e. The zero-order chi connectivity index (χ0) is 28.6. The summed E-state index contributed by atoms with van der Waals surface area (Å²) in [6, 6.07) is 19.5. The van der Waals surface area contributed by atoms with Gasteiger partial charge < -0.3 is 25.5 Å². The van der Waals surface area contributed by atoms with E-state index in [1.165, 1.54) is 12.1 Å². The van der Waals surface area contributed by atoms with Gasteiger partial charge in [0, 0.05) is 51.9 Å². The second-order valence-electron chi connectivity index (χ2n) is 10.3. The van der Waals surface area contributed by atoms with Gasteiger partial charge in [-0.2, -0.15) is 0 Å². The summed E-state index contributed by atoms with van der Waals surface area (Å²) in [6.45, 7) is 4.98. The van der Waals surface area contributed by atoms with Gasteiger partial charge in [0.15, 0.2) is 0 Å². The van der Waals surface area contributed by atoms with E-state index in [9.17, 15) is 19.1 Å². The number of hydrogen-bond acceptors (Lipinski definition) is 5. The molecule has 2 amide bonds. The molecule has 1 aliphatic rings. The highest BCUT2D eigenvalue weighted by atomic mass is 19.1. The van der Waals surface area contributed by atoms with Gasteiger partial charge >= 0.3 is 0 Å². The van der Waals surface area contributed by atoms with Crippen LogP contribution < -0.4 is 10.6 Å². The first-order valence-corrected chi connectivity index (χ1v) is 13.9. The SMILES string of the molecule is CCN1CCN(CC(O)CCc2ccccc2CN)C(=O)c2ccc(C(=O)N(C)CCc3ccc(F)cc3)cc21. The van der Waals surface area contributed by atoms with E-state index in [1.807, 2.05) is 31.2 Å². The van der Waals surface area contributed by atoms with Crippen molar-refractivity contribution in [3.05, 3.63) is 100 Å². The van der Waals surface area contributed by atoms with Crippen molar-refractivity contribution >= 4 is 17.5 Å². The van der Waals surface area contributed by atoms with Crippen LogP contribution in [-0.2, 0) is 19.4 Å². The second kappa shape index (κ2) is 13.5. The minimum absolute atomic E-state index is 0.136. The molecule has 0 radical (unpaired) electrons. The normalized spacial score (nSPS) is 14.1. The number of aliphatic hydroxyl groups is 1. The maximum atomic E-state index is 13.6. The molecule has 3 aromatic rings. The zero-order valence-corrected chi connectivity index (χ0v) is 23.4. The van der Waals surface area contributed by atoms with Gasteiger partial charge in [0.1, 0.15) is 5.82 Å². The summed E-state index contributed by atoms with van der Waals surface area (Å²) in [7, 11) is 1.75. The molecule has 1 unspecified atom stereocenters. The third-order valence-electron chi connectivity index (χ3n) is 7.64. The number of β-amino-alcohol motifs (C(OH)–C–C–N with tert-alkyl or cyclic N) is 1. The van der Waals surface area contributed by atoms with E-state index in [2.05, 4.69) is 4.90 Å². The van der Waals surface area contributed by atoms with Crippen LogP contribution in [0.15, 0.2) is 66.7 Å². The van der Waals surface area contributed by atoms with Crippen LogP contribution >= 0.6 is 0 Å². The van der Waals surface area contributed by atoms with E-state index in [0.29, 0.717) is 63.1 Å². The van der Waals surface area contributed by atoms with Crippen LogP contribution in [0.1, 0.15) is 50.8 Å². The highest BCUT2D eigenvalue weighted by Crippen LogP contribution is 2.27. The summed E-state index contributed by atoms with van der Waals surface area (Å²) in [5, 5.41) is 10.8. The number of halogens is 1. The number of fused-ring (bicyclic) bond motifs is 1. The number of amides is 2. The molecule has 8 heteroatoms. The van der Waals surface area contributed by atoms with Gasteiger partial charge in [-0.15, -0.1) is 0 Å². The fraction of sp³-hybridized carbons (Fsp3) is 0.375. The Balaban J connectivity index is 1.43. The topological polar surface area (TPSA) is 90.1 Å². The molecule has 0 aliphatic carbocycles. The standard InChI is InChI=1S/C32H39FN4O3/c1-3-36-18-19-37(22-28(38)14-10-24-6-4-5-7-26(24)21-34)32(40)29-15-11-25(20-30(29)36)31(39)35(2)17-16-23-8-12-27(33)13-9-23/h4-9,11-13,15,20,28,38H,3,10,14,16-19,21-22,34H2,1-2H3. The average Bonchev–Trinajstić information content (AvgIpc) is 3.10. The fourth-order valence-electron chi connectivity index (χ4n) is 5.18. The van der Waals surface area contributed by atoms with E-state index >= 15 is 0 Å². The van der Waals surface area contributed by atoms with Crippen LogP contribution in [0, 0.1) is 5.82 Å². The number of carbonyl (C=O) groups excluding carboxylic acids is 2. The number of benzene rings is 3. The predicted molar refractivity (Wildman–Crippen MR) is 156 cm³/mol. The van der Waals surface area contributed by atoms with Gasteiger partial charge in [-0.25, -0.2) is 4.39 Å². The van der Waals surface area contributed by atoms with Crippen molar-refractivity contribution < 1.29 is 19.1 Å². The average molecular weight is 547 g/mol. The van der Waals surface area contributed by atoms with Crippen molar-refractivity contribution in [1.29, 1.82) is 0 Å². The predicted octanol–water partition coefficient (Wildman–Crippen LogP) is 3.87. The number of nitrogens with zero attached hydrogens (tertiary/aromatic N) is 3. The van der Waals surface area contributed by atoms with Gasteiger partial charge in [0.25, 0.3) is 11.8 Å². The molecule has 4 rings (SSSR count). The van der Waals surface area contributed by atoms with Crippen LogP contribution in [0.4, 0.5) is 10.1 Å². The number of aliphatic hydroxyl groups excluding tert-OH is 1. The quantitative estimate of drug-likeness (QED) is 0.381. The lowest BCUT2D eigenvalue weighted by molar-refractivity contribution is 0.0623. The molecule has 1 aliphatic heterocycles. The third kappa shape index (κ3) is 7.06. The first-order chi connectivity index (χ1) is 19.3. The first kappa shape index (κ1) is 29.2. The Morgan fingerprint density at radius 1 is 1.02 bits per heavy atom. The third-order valence-corrected chi connectivity index (χ3v) is 7.64. The van der Waals surface area contributed by atoms with Gasteiger partial charge in [0.2, 0.25) is 0 Å². The molecule has 1 heterocycles. The fourth-order valence-corrected chi connectivity index (χ4v) is 5.18. The maximum absolute atomic E-state index is 13.6. The Hall–Kier alpha value is -3.75. The van der Waals surface area contributed by atoms with Crippen LogP contribution in [0.3, 0.4) is 0 Å². The Morgan fingerprint density at radius 3 is 2.42 bits per heavy atom. The Morgan fingerprint density at radius 2 is 1.73 bits per heavy atom. The minimum atomic E-state index is -0.665. The van der Waals surface area contributed by atoms with Crippen molar-refractivity contribution in [3.63, 3.8) is 0 Å². The summed E-state index contributed by atoms with van der Waals surface area (Å²) in [5.74, 6) is -0.562. The number of anilines is 1. The first-order valence-electron chi connectivity index (χ1n) is 13.9. The summed E-state index contributed by atoms with van der Waals surface area (Å²) < 4.78 is 13.2. The largest absolute Gasteiger partial charge is 0.391 e. The Labute approximate surface area is 236 Å². The number of aryl methyl sites for hydroxylation is 1. The van der Waals surface area contributed by atoms with Crippen molar-refractivity contribution in [2.75, 3.05) is 44.7 Å². The molecule has 1 atom stereocenters. The zero-order valence-electron chi connectivity index (χ0n) is 23.4. The maximum Gasteiger partial charge on any atom is 0.256 e. The van der Waals surface area contributed by atoms with Crippen LogP contribution in [-0.4, -0.2) is 72.6 Å². The van der Waals surface area contributed by atoms with Crippen molar-refractivity contribution in [2.24, 2.45) is 5.73 Å². The van der Waals surface area contributed by atoms with E-state index in [0.717, 1.165) is 22.4 Å². The number of hydrogen-bond donors (Lipinski definition) is 2. The summed E-state index contributed by atoms with van der Waals surface area (Å²) in [4.78, 5) is 32.2. The van der Waals surface area contributed by atoms with Crippen molar-refractivity contribution in [3.8, 4) is 0 Å². The van der Waals surface area contributed by atoms with Crippen LogP contribution in [0.2, 0.25) is 0 Å².